The number of unbranched alkanes of at least 4 members (excludes halogenated alkanes) is 1. The monoisotopic (exact) mass is 212 g/mol. The SMILES string of the molecule is CCOC(=O)CCCCS(=O)(=O)F. The van der Waals surface area contributed by atoms with Gasteiger partial charge in [-0.2, -0.15) is 8.42 Å². The summed E-state index contributed by atoms with van der Waals surface area (Å²) < 4.78 is 36.5. The minimum atomic E-state index is -4.39. The number of hydrogen-bond donors (Lipinski definition) is 0. The van der Waals surface area contributed by atoms with Crippen molar-refractivity contribution < 1.29 is 21.8 Å². The highest BCUT2D eigenvalue weighted by molar-refractivity contribution is 7.86. The summed E-state index contributed by atoms with van der Waals surface area (Å²) in [5.41, 5.74) is 0. The Morgan fingerprint density at radius 3 is 2.46 bits per heavy atom. The molecule has 4 nitrogen and oxygen atoms in total. The van der Waals surface area contributed by atoms with E-state index in [9.17, 15) is 17.1 Å². The van der Waals surface area contributed by atoms with E-state index in [-0.39, 0.29) is 18.8 Å². The Hall–Kier alpha value is -0.650. The maximum Gasteiger partial charge on any atom is 0.305 e. The molecule has 0 aliphatic carbocycles. The Labute approximate surface area is 77.3 Å². The molecule has 0 amide bonds. The lowest BCUT2D eigenvalue weighted by atomic mass is 10.2. The summed E-state index contributed by atoms with van der Waals surface area (Å²) in [7, 11) is -4.39. The van der Waals surface area contributed by atoms with Gasteiger partial charge in [-0.3, -0.25) is 4.79 Å². The van der Waals surface area contributed by atoms with Crippen molar-refractivity contribution in [3.8, 4) is 0 Å². The van der Waals surface area contributed by atoms with Gasteiger partial charge in [0, 0.05) is 6.42 Å². The lowest BCUT2D eigenvalue weighted by Crippen LogP contribution is -2.05. The predicted octanol–water partition coefficient (Wildman–Crippen LogP) is 1.02. The molecule has 6 heteroatoms. The Kier molecular flexibility index (Phi) is 5.61. The molecule has 0 atom stereocenters. The van der Waals surface area contributed by atoms with Crippen LogP contribution >= 0.6 is 0 Å². The molecule has 78 valence electrons. The molecule has 0 saturated heterocycles. The van der Waals surface area contributed by atoms with E-state index >= 15 is 0 Å². The minimum absolute atomic E-state index is 0.142. The van der Waals surface area contributed by atoms with Gasteiger partial charge in [0.25, 0.3) is 0 Å². The standard InChI is InChI=1S/C7H13FO4S/c1-2-12-7(9)5-3-4-6-13(8,10)11/h2-6H2,1H3. The van der Waals surface area contributed by atoms with Crippen molar-refractivity contribution in [3.05, 3.63) is 0 Å². The maximum absolute atomic E-state index is 11.9. The first-order chi connectivity index (χ1) is 5.95. The van der Waals surface area contributed by atoms with Crippen molar-refractivity contribution in [2.75, 3.05) is 12.4 Å². The highest BCUT2D eigenvalue weighted by Gasteiger charge is 2.07. The lowest BCUT2D eigenvalue weighted by Gasteiger charge is -1.99. The van der Waals surface area contributed by atoms with Gasteiger partial charge in [-0.25, -0.2) is 0 Å². The van der Waals surface area contributed by atoms with Gasteiger partial charge in [0.1, 0.15) is 0 Å². The minimum Gasteiger partial charge on any atom is -0.466 e. The van der Waals surface area contributed by atoms with Gasteiger partial charge in [-0.1, -0.05) is 0 Å². The average molecular weight is 212 g/mol. The summed E-state index contributed by atoms with van der Waals surface area (Å²) >= 11 is 0. The largest absolute Gasteiger partial charge is 0.466 e. The van der Waals surface area contributed by atoms with Crippen molar-refractivity contribution in [3.63, 3.8) is 0 Å². The summed E-state index contributed by atoms with van der Waals surface area (Å²) in [5.74, 6) is -0.898. The zero-order chi connectivity index (χ0) is 10.3. The fourth-order valence-electron chi connectivity index (χ4n) is 0.777. The molecule has 0 bridgehead atoms. The van der Waals surface area contributed by atoms with Crippen molar-refractivity contribution in [2.45, 2.75) is 26.2 Å². The number of ether oxygens (including phenoxy) is 1. The van der Waals surface area contributed by atoms with Crippen LogP contribution in [0.25, 0.3) is 0 Å². The van der Waals surface area contributed by atoms with Gasteiger partial charge in [0.2, 0.25) is 0 Å². The van der Waals surface area contributed by atoms with E-state index in [2.05, 4.69) is 4.74 Å². The third-order valence-electron chi connectivity index (χ3n) is 1.32. The van der Waals surface area contributed by atoms with Crippen LogP contribution in [0.2, 0.25) is 0 Å². The van der Waals surface area contributed by atoms with E-state index < -0.39 is 16.0 Å². The number of esters is 1. The van der Waals surface area contributed by atoms with Crippen LogP contribution in [0.5, 0.6) is 0 Å². The molecule has 0 aliphatic rings. The molecule has 0 radical (unpaired) electrons. The lowest BCUT2D eigenvalue weighted by molar-refractivity contribution is -0.143. The predicted molar refractivity (Wildman–Crippen MR) is 45.4 cm³/mol. The number of halogens is 1. The van der Waals surface area contributed by atoms with Crippen LogP contribution in [0.1, 0.15) is 26.2 Å². The molecule has 0 aromatic heterocycles. The molecule has 0 aromatic carbocycles. The molecule has 0 fully saturated rings. The van der Waals surface area contributed by atoms with Crippen molar-refractivity contribution >= 4 is 16.2 Å². The normalized spacial score (nSPS) is 11.2. The Balaban J connectivity index is 3.41. The van der Waals surface area contributed by atoms with Crippen LogP contribution in [0.3, 0.4) is 0 Å². The second-order valence-electron chi connectivity index (χ2n) is 2.51. The molecule has 0 aromatic rings. The first-order valence-electron chi connectivity index (χ1n) is 4.03. The number of carbonyl (C=O) groups is 1. The molecule has 0 rings (SSSR count). The molecule has 0 spiro atoms. The summed E-state index contributed by atoms with van der Waals surface area (Å²) in [6, 6.07) is 0. The van der Waals surface area contributed by atoms with Crippen LogP contribution in [0, 0.1) is 0 Å². The molecule has 0 saturated carbocycles. The zero-order valence-electron chi connectivity index (χ0n) is 7.45. The third-order valence-corrected chi connectivity index (χ3v) is 2.10. The Morgan fingerprint density at radius 2 is 2.00 bits per heavy atom. The van der Waals surface area contributed by atoms with E-state index in [1.165, 1.54) is 0 Å². The molecule has 0 unspecified atom stereocenters. The van der Waals surface area contributed by atoms with Gasteiger partial charge in [0.15, 0.2) is 0 Å². The molecule has 0 N–H and O–H groups in total. The first kappa shape index (κ1) is 12.3. The fourth-order valence-corrected chi connectivity index (χ4v) is 1.33. The quantitative estimate of drug-likeness (QED) is 0.374. The van der Waals surface area contributed by atoms with Crippen molar-refractivity contribution in [2.24, 2.45) is 0 Å². The van der Waals surface area contributed by atoms with Crippen LogP contribution < -0.4 is 0 Å². The maximum atomic E-state index is 11.9. The van der Waals surface area contributed by atoms with Gasteiger partial charge in [-0.15, -0.1) is 3.89 Å². The van der Waals surface area contributed by atoms with Crippen LogP contribution in [0.15, 0.2) is 0 Å². The first-order valence-corrected chi connectivity index (χ1v) is 5.59. The molecule has 0 heterocycles. The van der Waals surface area contributed by atoms with Gasteiger partial charge < -0.3 is 4.74 Å². The summed E-state index contributed by atoms with van der Waals surface area (Å²) in [6.07, 6.45) is 0.628. The summed E-state index contributed by atoms with van der Waals surface area (Å²) in [6.45, 7) is 1.99. The second-order valence-corrected chi connectivity index (χ2v) is 3.99. The molecule has 13 heavy (non-hydrogen) atoms. The van der Waals surface area contributed by atoms with E-state index in [0.717, 1.165) is 0 Å². The smallest absolute Gasteiger partial charge is 0.305 e. The third kappa shape index (κ3) is 9.26. The Morgan fingerprint density at radius 1 is 1.38 bits per heavy atom. The van der Waals surface area contributed by atoms with Gasteiger partial charge in [-0.05, 0) is 19.8 Å². The zero-order valence-corrected chi connectivity index (χ0v) is 8.27. The molecular weight excluding hydrogens is 199 g/mol. The summed E-state index contributed by atoms with van der Waals surface area (Å²) in [5, 5.41) is 0. The number of hydrogen-bond acceptors (Lipinski definition) is 4. The second kappa shape index (κ2) is 5.90. The number of carbonyl (C=O) groups excluding carboxylic acids is 1. The van der Waals surface area contributed by atoms with Gasteiger partial charge in [0.05, 0.1) is 12.4 Å². The van der Waals surface area contributed by atoms with E-state index in [4.69, 9.17) is 0 Å². The van der Waals surface area contributed by atoms with Crippen molar-refractivity contribution in [1.82, 2.24) is 0 Å². The highest BCUT2D eigenvalue weighted by Crippen LogP contribution is 2.02. The van der Waals surface area contributed by atoms with Gasteiger partial charge >= 0.3 is 16.2 Å². The van der Waals surface area contributed by atoms with Crippen LogP contribution in [-0.4, -0.2) is 26.7 Å². The summed E-state index contributed by atoms with van der Waals surface area (Å²) in [4.78, 5) is 10.7. The fraction of sp³-hybridized carbons (Fsp3) is 0.857. The molecule has 0 aliphatic heterocycles. The topological polar surface area (TPSA) is 60.4 Å². The average Bonchev–Trinajstić information content (AvgIpc) is 1.97. The Bertz CT molecular complexity index is 247. The van der Waals surface area contributed by atoms with E-state index in [0.29, 0.717) is 13.0 Å². The van der Waals surface area contributed by atoms with Crippen molar-refractivity contribution in [1.29, 1.82) is 0 Å². The van der Waals surface area contributed by atoms with E-state index in [1.54, 1.807) is 6.92 Å². The number of rotatable bonds is 6. The van der Waals surface area contributed by atoms with Crippen LogP contribution in [-0.2, 0) is 19.8 Å². The molecular formula is C7H13FO4S. The van der Waals surface area contributed by atoms with E-state index in [1.807, 2.05) is 0 Å². The van der Waals surface area contributed by atoms with Crippen LogP contribution in [0.4, 0.5) is 3.89 Å². The highest BCUT2D eigenvalue weighted by atomic mass is 32.3.